The molecule has 1 amide bonds. The SMILES string of the molecule is COCC(=O)N1CCc2c(COc3cccnc3)cncc2C1. The Morgan fingerprint density at radius 2 is 2.22 bits per heavy atom. The number of carbonyl (C=O) groups is 1. The summed E-state index contributed by atoms with van der Waals surface area (Å²) in [4.78, 5) is 22.1. The first-order valence-electron chi connectivity index (χ1n) is 7.52. The second-order valence-electron chi connectivity index (χ2n) is 5.41. The summed E-state index contributed by atoms with van der Waals surface area (Å²) in [6.07, 6.45) is 7.87. The van der Waals surface area contributed by atoms with Gasteiger partial charge in [-0.15, -0.1) is 0 Å². The highest BCUT2D eigenvalue weighted by atomic mass is 16.5. The topological polar surface area (TPSA) is 64.5 Å². The second-order valence-corrected chi connectivity index (χ2v) is 5.41. The number of ether oxygens (including phenoxy) is 2. The van der Waals surface area contributed by atoms with Gasteiger partial charge in [0.2, 0.25) is 5.91 Å². The maximum absolute atomic E-state index is 12.0. The van der Waals surface area contributed by atoms with Gasteiger partial charge in [-0.3, -0.25) is 14.8 Å². The summed E-state index contributed by atoms with van der Waals surface area (Å²) in [5.41, 5.74) is 3.36. The molecule has 0 N–H and O–H groups in total. The molecule has 0 radical (unpaired) electrons. The van der Waals surface area contributed by atoms with Gasteiger partial charge in [0.15, 0.2) is 0 Å². The highest BCUT2D eigenvalue weighted by Gasteiger charge is 2.22. The van der Waals surface area contributed by atoms with Crippen LogP contribution in [-0.4, -0.2) is 41.0 Å². The predicted molar refractivity (Wildman–Crippen MR) is 83.8 cm³/mol. The van der Waals surface area contributed by atoms with E-state index >= 15 is 0 Å². The van der Waals surface area contributed by atoms with Crippen molar-refractivity contribution in [1.82, 2.24) is 14.9 Å². The van der Waals surface area contributed by atoms with E-state index in [9.17, 15) is 4.79 Å². The van der Waals surface area contributed by atoms with Crippen LogP contribution in [0.5, 0.6) is 5.75 Å². The van der Waals surface area contributed by atoms with Gasteiger partial charge in [0.05, 0.1) is 6.20 Å². The highest BCUT2D eigenvalue weighted by molar-refractivity contribution is 5.77. The van der Waals surface area contributed by atoms with Gasteiger partial charge in [-0.25, -0.2) is 0 Å². The van der Waals surface area contributed by atoms with Crippen molar-refractivity contribution in [1.29, 1.82) is 0 Å². The molecule has 0 saturated heterocycles. The van der Waals surface area contributed by atoms with Crippen LogP contribution in [-0.2, 0) is 29.1 Å². The van der Waals surface area contributed by atoms with E-state index in [1.807, 2.05) is 24.5 Å². The summed E-state index contributed by atoms with van der Waals surface area (Å²) in [6, 6.07) is 3.72. The molecule has 1 aliphatic rings. The lowest BCUT2D eigenvalue weighted by atomic mass is 9.97. The molecule has 3 heterocycles. The first-order valence-corrected chi connectivity index (χ1v) is 7.52. The van der Waals surface area contributed by atoms with E-state index in [0.717, 1.165) is 23.3 Å². The van der Waals surface area contributed by atoms with Crippen LogP contribution in [0.1, 0.15) is 16.7 Å². The lowest BCUT2D eigenvalue weighted by Gasteiger charge is -2.29. The van der Waals surface area contributed by atoms with Crippen LogP contribution in [0.3, 0.4) is 0 Å². The Balaban J connectivity index is 1.71. The molecule has 23 heavy (non-hydrogen) atoms. The zero-order chi connectivity index (χ0) is 16.1. The van der Waals surface area contributed by atoms with Gasteiger partial charge in [-0.1, -0.05) is 0 Å². The maximum atomic E-state index is 12.0. The third-order valence-corrected chi connectivity index (χ3v) is 3.88. The minimum absolute atomic E-state index is 0.00941. The Kier molecular flexibility index (Phi) is 4.83. The largest absolute Gasteiger partial charge is 0.487 e. The molecule has 0 bridgehead atoms. The summed E-state index contributed by atoms with van der Waals surface area (Å²) < 4.78 is 10.7. The summed E-state index contributed by atoms with van der Waals surface area (Å²) in [5, 5.41) is 0. The van der Waals surface area contributed by atoms with E-state index in [4.69, 9.17) is 9.47 Å². The molecule has 0 aliphatic carbocycles. The van der Waals surface area contributed by atoms with Gasteiger partial charge < -0.3 is 14.4 Å². The van der Waals surface area contributed by atoms with Crippen LogP contribution in [0, 0.1) is 0 Å². The van der Waals surface area contributed by atoms with Crippen LogP contribution in [0.15, 0.2) is 36.9 Å². The fourth-order valence-electron chi connectivity index (χ4n) is 2.71. The molecule has 3 rings (SSSR count). The van der Waals surface area contributed by atoms with E-state index in [2.05, 4.69) is 9.97 Å². The lowest BCUT2D eigenvalue weighted by Crippen LogP contribution is -2.38. The van der Waals surface area contributed by atoms with E-state index in [-0.39, 0.29) is 12.5 Å². The van der Waals surface area contributed by atoms with Crippen molar-refractivity contribution in [2.24, 2.45) is 0 Å². The Morgan fingerprint density at radius 3 is 3.00 bits per heavy atom. The zero-order valence-corrected chi connectivity index (χ0v) is 13.1. The predicted octanol–water partition coefficient (Wildman–Crippen LogP) is 1.59. The molecule has 6 heteroatoms. The fourth-order valence-corrected chi connectivity index (χ4v) is 2.71. The van der Waals surface area contributed by atoms with Crippen molar-refractivity contribution < 1.29 is 14.3 Å². The van der Waals surface area contributed by atoms with Crippen molar-refractivity contribution in [3.8, 4) is 5.75 Å². The summed E-state index contributed by atoms with van der Waals surface area (Å²) in [7, 11) is 1.53. The minimum atomic E-state index is 0.00941. The Bertz CT molecular complexity index is 676. The van der Waals surface area contributed by atoms with Crippen LogP contribution in [0.25, 0.3) is 0 Å². The molecule has 6 nitrogen and oxygen atoms in total. The van der Waals surface area contributed by atoms with E-state index in [0.29, 0.717) is 19.7 Å². The van der Waals surface area contributed by atoms with E-state index < -0.39 is 0 Å². The van der Waals surface area contributed by atoms with Gasteiger partial charge in [-0.05, 0) is 29.7 Å². The van der Waals surface area contributed by atoms with Crippen LogP contribution in [0.2, 0.25) is 0 Å². The van der Waals surface area contributed by atoms with Gasteiger partial charge in [0.1, 0.15) is 19.0 Å². The molecular weight excluding hydrogens is 294 g/mol. The van der Waals surface area contributed by atoms with Gasteiger partial charge in [0.25, 0.3) is 0 Å². The molecule has 0 unspecified atom stereocenters. The van der Waals surface area contributed by atoms with Crippen molar-refractivity contribution in [3.63, 3.8) is 0 Å². The number of nitrogens with zero attached hydrogens (tertiary/aromatic N) is 3. The smallest absolute Gasteiger partial charge is 0.248 e. The molecule has 0 aromatic carbocycles. The van der Waals surface area contributed by atoms with Crippen molar-refractivity contribution >= 4 is 5.91 Å². The third-order valence-electron chi connectivity index (χ3n) is 3.88. The van der Waals surface area contributed by atoms with Gasteiger partial charge in [-0.2, -0.15) is 0 Å². The van der Waals surface area contributed by atoms with Crippen LogP contribution in [0.4, 0.5) is 0 Å². The molecular formula is C17H19N3O3. The van der Waals surface area contributed by atoms with Crippen molar-refractivity contribution in [2.75, 3.05) is 20.3 Å². The molecule has 0 fully saturated rings. The monoisotopic (exact) mass is 313 g/mol. The van der Waals surface area contributed by atoms with Gasteiger partial charge in [0, 0.05) is 44.4 Å². The molecule has 2 aromatic heterocycles. The molecule has 0 spiro atoms. The first-order chi connectivity index (χ1) is 11.3. The van der Waals surface area contributed by atoms with Crippen LogP contribution < -0.4 is 4.74 Å². The molecule has 0 atom stereocenters. The molecule has 1 aliphatic heterocycles. The first kappa shape index (κ1) is 15.4. The number of hydrogen-bond donors (Lipinski definition) is 0. The number of carbonyl (C=O) groups excluding carboxylic acids is 1. The Labute approximate surface area is 135 Å². The third kappa shape index (κ3) is 3.65. The highest BCUT2D eigenvalue weighted by Crippen LogP contribution is 2.23. The molecule has 0 saturated carbocycles. The summed E-state index contributed by atoms with van der Waals surface area (Å²) in [6.45, 7) is 1.84. The number of hydrogen-bond acceptors (Lipinski definition) is 5. The van der Waals surface area contributed by atoms with Crippen molar-refractivity contribution in [2.45, 2.75) is 19.6 Å². The number of aromatic nitrogens is 2. The van der Waals surface area contributed by atoms with E-state index in [1.54, 1.807) is 17.3 Å². The zero-order valence-electron chi connectivity index (χ0n) is 13.1. The van der Waals surface area contributed by atoms with Gasteiger partial charge >= 0.3 is 0 Å². The van der Waals surface area contributed by atoms with Crippen molar-refractivity contribution in [3.05, 3.63) is 53.6 Å². The Morgan fingerprint density at radius 1 is 1.30 bits per heavy atom. The lowest BCUT2D eigenvalue weighted by molar-refractivity contribution is -0.136. The molecule has 2 aromatic rings. The second kappa shape index (κ2) is 7.19. The average Bonchev–Trinajstić information content (AvgIpc) is 2.60. The standard InChI is InChI=1S/C17H19N3O3/c1-22-12-17(21)20-6-4-16-13(10-20)7-19-8-14(16)11-23-15-3-2-5-18-9-15/h2-3,5,7-9H,4,6,10-12H2,1H3. The quantitative estimate of drug-likeness (QED) is 0.838. The number of pyridine rings is 2. The Hall–Kier alpha value is -2.47. The minimum Gasteiger partial charge on any atom is -0.487 e. The average molecular weight is 313 g/mol. The number of fused-ring (bicyclic) bond motifs is 1. The summed E-state index contributed by atoms with van der Waals surface area (Å²) in [5.74, 6) is 0.743. The summed E-state index contributed by atoms with van der Waals surface area (Å²) >= 11 is 0. The fraction of sp³-hybridized carbons (Fsp3) is 0.353. The molecule has 120 valence electrons. The normalized spacial score (nSPS) is 13.5. The number of amides is 1. The van der Waals surface area contributed by atoms with Crippen LogP contribution >= 0.6 is 0 Å². The number of methoxy groups -OCH3 is 1. The maximum Gasteiger partial charge on any atom is 0.248 e. The number of rotatable bonds is 5. The van der Waals surface area contributed by atoms with E-state index in [1.165, 1.54) is 12.7 Å².